The number of nitrogens with one attached hydrogen (secondary N) is 1. The highest BCUT2D eigenvalue weighted by Gasteiger charge is 2.16. The van der Waals surface area contributed by atoms with Gasteiger partial charge in [-0.3, -0.25) is 4.79 Å². The van der Waals surface area contributed by atoms with Crippen LogP contribution in [0.4, 0.5) is 0 Å². The molecule has 0 atom stereocenters. The van der Waals surface area contributed by atoms with E-state index in [-0.39, 0.29) is 18.8 Å². The number of hydrogen-bond acceptors (Lipinski definition) is 7. The summed E-state index contributed by atoms with van der Waals surface area (Å²) in [4.78, 5) is 17.0. The van der Waals surface area contributed by atoms with E-state index in [0.717, 1.165) is 21.9 Å². The van der Waals surface area contributed by atoms with E-state index in [1.807, 2.05) is 50.2 Å². The minimum absolute atomic E-state index is 0.0460. The highest BCUT2D eigenvalue weighted by atomic mass is 32.1. The molecule has 1 aliphatic rings. The molecule has 1 amide bonds. The fourth-order valence-electron chi connectivity index (χ4n) is 2.99. The summed E-state index contributed by atoms with van der Waals surface area (Å²) >= 11 is 1.40. The number of aromatic nitrogens is 1. The first kappa shape index (κ1) is 20.0. The number of fused-ring (bicyclic) bond motifs is 1. The number of amides is 1. The predicted octanol–water partition coefficient (Wildman–Crippen LogP) is 4.26. The molecule has 1 N–H and O–H groups in total. The number of hydrogen-bond donors (Lipinski definition) is 1. The van der Waals surface area contributed by atoms with E-state index in [0.29, 0.717) is 29.5 Å². The van der Waals surface area contributed by atoms with Gasteiger partial charge in [-0.05, 0) is 49.7 Å². The van der Waals surface area contributed by atoms with E-state index < -0.39 is 0 Å². The Balaban J connectivity index is 1.43. The van der Waals surface area contributed by atoms with Gasteiger partial charge in [-0.15, -0.1) is 11.3 Å². The summed E-state index contributed by atoms with van der Waals surface area (Å²) < 4.78 is 21.9. The van der Waals surface area contributed by atoms with E-state index >= 15 is 0 Å². The molecule has 0 radical (unpaired) electrons. The van der Waals surface area contributed by atoms with Gasteiger partial charge in [0.25, 0.3) is 5.91 Å². The smallest absolute Gasteiger partial charge is 0.271 e. The maximum absolute atomic E-state index is 12.5. The molecule has 2 aromatic carbocycles. The topological polar surface area (TPSA) is 78.9 Å². The van der Waals surface area contributed by atoms with Gasteiger partial charge in [-0.25, -0.2) is 4.98 Å². The molecular formula is C22H22N2O5S. The van der Waals surface area contributed by atoms with Crippen molar-refractivity contribution in [2.45, 2.75) is 26.5 Å². The Kier molecular flexibility index (Phi) is 5.76. The highest BCUT2D eigenvalue weighted by molar-refractivity contribution is 7.13. The van der Waals surface area contributed by atoms with Gasteiger partial charge in [-0.1, -0.05) is 6.07 Å². The maximum atomic E-state index is 12.5. The average Bonchev–Trinajstić information content (AvgIpc) is 3.41. The summed E-state index contributed by atoms with van der Waals surface area (Å²) in [7, 11) is 1.60. The normalized spacial score (nSPS) is 12.1. The van der Waals surface area contributed by atoms with E-state index in [9.17, 15) is 4.79 Å². The van der Waals surface area contributed by atoms with Gasteiger partial charge < -0.3 is 24.3 Å². The number of carbonyl (C=O) groups excluding carboxylic acids is 1. The molecule has 2 heterocycles. The number of ether oxygens (including phenoxy) is 4. The lowest BCUT2D eigenvalue weighted by molar-refractivity contribution is 0.0946. The van der Waals surface area contributed by atoms with Crippen LogP contribution in [0.25, 0.3) is 10.6 Å². The van der Waals surface area contributed by atoms with Crippen molar-refractivity contribution >= 4 is 17.2 Å². The van der Waals surface area contributed by atoms with Crippen molar-refractivity contribution in [3.63, 3.8) is 0 Å². The molecular weight excluding hydrogens is 404 g/mol. The molecule has 0 saturated carbocycles. The zero-order chi connectivity index (χ0) is 21.1. The van der Waals surface area contributed by atoms with Gasteiger partial charge in [0.05, 0.1) is 13.2 Å². The van der Waals surface area contributed by atoms with E-state index in [4.69, 9.17) is 18.9 Å². The first-order valence-corrected chi connectivity index (χ1v) is 10.4. The Morgan fingerprint density at radius 1 is 1.17 bits per heavy atom. The predicted molar refractivity (Wildman–Crippen MR) is 114 cm³/mol. The van der Waals surface area contributed by atoms with Crippen LogP contribution in [0.1, 0.15) is 29.9 Å². The fraction of sp³-hybridized carbons (Fsp3) is 0.273. The molecule has 0 fully saturated rings. The molecule has 7 nitrogen and oxygen atoms in total. The van der Waals surface area contributed by atoms with Gasteiger partial charge in [0, 0.05) is 17.5 Å². The minimum atomic E-state index is -0.234. The molecule has 0 saturated heterocycles. The van der Waals surface area contributed by atoms with Crippen molar-refractivity contribution in [3.05, 3.63) is 53.0 Å². The van der Waals surface area contributed by atoms with Gasteiger partial charge >= 0.3 is 0 Å². The Bertz CT molecular complexity index is 1060. The van der Waals surface area contributed by atoms with Crippen molar-refractivity contribution < 1.29 is 23.7 Å². The summed E-state index contributed by atoms with van der Waals surface area (Å²) in [6.07, 6.45) is 0.0460. The quantitative estimate of drug-likeness (QED) is 0.608. The van der Waals surface area contributed by atoms with Crippen molar-refractivity contribution in [3.8, 4) is 33.6 Å². The van der Waals surface area contributed by atoms with Crippen LogP contribution < -0.4 is 24.3 Å². The van der Waals surface area contributed by atoms with Crippen molar-refractivity contribution in [2.75, 3.05) is 13.9 Å². The standard InChI is InChI=1S/C22H22N2O5S/c1-13(2)29-18-7-5-15(9-19(18)26-3)22-24-16(11-30-22)21(25)23-10-14-4-6-17-20(8-14)28-12-27-17/h4-9,11,13H,10,12H2,1-3H3,(H,23,25). The number of methoxy groups -OCH3 is 1. The monoisotopic (exact) mass is 426 g/mol. The second kappa shape index (κ2) is 8.62. The van der Waals surface area contributed by atoms with Gasteiger partial charge in [0.15, 0.2) is 23.0 Å². The Morgan fingerprint density at radius 2 is 2.00 bits per heavy atom. The maximum Gasteiger partial charge on any atom is 0.271 e. The fourth-order valence-corrected chi connectivity index (χ4v) is 3.78. The minimum Gasteiger partial charge on any atom is -0.493 e. The van der Waals surface area contributed by atoms with Crippen LogP contribution in [0.15, 0.2) is 41.8 Å². The van der Waals surface area contributed by atoms with Crippen LogP contribution in [0.3, 0.4) is 0 Å². The van der Waals surface area contributed by atoms with Crippen molar-refractivity contribution in [1.29, 1.82) is 0 Å². The van der Waals surface area contributed by atoms with Crippen LogP contribution in [0, 0.1) is 0 Å². The molecule has 0 unspecified atom stereocenters. The van der Waals surface area contributed by atoms with Crippen LogP contribution in [-0.4, -0.2) is 30.9 Å². The van der Waals surface area contributed by atoms with Crippen LogP contribution in [-0.2, 0) is 6.54 Å². The molecule has 8 heteroatoms. The summed E-state index contributed by atoms with van der Waals surface area (Å²) in [5, 5.41) is 5.37. The molecule has 3 aromatic rings. The molecule has 30 heavy (non-hydrogen) atoms. The van der Waals surface area contributed by atoms with Crippen LogP contribution >= 0.6 is 11.3 Å². The number of carbonyl (C=O) groups is 1. The molecule has 0 spiro atoms. The summed E-state index contributed by atoms with van der Waals surface area (Å²) in [5.74, 6) is 2.48. The third-order valence-electron chi connectivity index (χ3n) is 4.40. The first-order chi connectivity index (χ1) is 14.5. The Hall–Kier alpha value is -3.26. The number of nitrogens with zero attached hydrogens (tertiary/aromatic N) is 1. The lowest BCUT2D eigenvalue weighted by Crippen LogP contribution is -2.23. The largest absolute Gasteiger partial charge is 0.493 e. The third kappa shape index (κ3) is 4.33. The van der Waals surface area contributed by atoms with Crippen LogP contribution in [0.2, 0.25) is 0 Å². The van der Waals surface area contributed by atoms with Gasteiger partial charge in [0.1, 0.15) is 10.7 Å². The Morgan fingerprint density at radius 3 is 2.80 bits per heavy atom. The summed E-state index contributed by atoms with van der Waals surface area (Å²) in [5.41, 5.74) is 2.16. The molecule has 0 aliphatic carbocycles. The van der Waals surface area contributed by atoms with Gasteiger partial charge in [0.2, 0.25) is 6.79 Å². The zero-order valence-corrected chi connectivity index (χ0v) is 17.7. The second-order valence-electron chi connectivity index (χ2n) is 6.94. The lowest BCUT2D eigenvalue weighted by Gasteiger charge is -2.14. The Labute approximate surface area is 178 Å². The first-order valence-electron chi connectivity index (χ1n) is 9.51. The number of thiazole rings is 1. The molecule has 4 rings (SSSR count). The molecule has 0 bridgehead atoms. The van der Waals surface area contributed by atoms with E-state index in [2.05, 4.69) is 10.3 Å². The molecule has 1 aliphatic heterocycles. The highest BCUT2D eigenvalue weighted by Crippen LogP contribution is 2.35. The third-order valence-corrected chi connectivity index (χ3v) is 5.29. The second-order valence-corrected chi connectivity index (χ2v) is 7.80. The zero-order valence-electron chi connectivity index (χ0n) is 16.9. The molecule has 156 valence electrons. The van der Waals surface area contributed by atoms with Crippen molar-refractivity contribution in [1.82, 2.24) is 10.3 Å². The van der Waals surface area contributed by atoms with Gasteiger partial charge in [-0.2, -0.15) is 0 Å². The van der Waals surface area contributed by atoms with Crippen molar-refractivity contribution in [2.24, 2.45) is 0 Å². The molecule has 1 aromatic heterocycles. The lowest BCUT2D eigenvalue weighted by atomic mass is 10.2. The SMILES string of the molecule is COc1cc(-c2nc(C(=O)NCc3ccc4c(c3)OCO4)cs2)ccc1OC(C)C. The number of benzene rings is 2. The average molecular weight is 426 g/mol. The van der Waals surface area contributed by atoms with E-state index in [1.54, 1.807) is 12.5 Å². The summed E-state index contributed by atoms with van der Waals surface area (Å²) in [6, 6.07) is 11.2. The van der Waals surface area contributed by atoms with E-state index in [1.165, 1.54) is 11.3 Å². The summed E-state index contributed by atoms with van der Waals surface area (Å²) in [6.45, 7) is 4.52. The number of rotatable bonds is 7. The van der Waals surface area contributed by atoms with Crippen LogP contribution in [0.5, 0.6) is 23.0 Å².